The summed E-state index contributed by atoms with van der Waals surface area (Å²) in [6.07, 6.45) is 2.26. The molecule has 0 radical (unpaired) electrons. The van der Waals surface area contributed by atoms with Crippen LogP contribution >= 0.6 is 0 Å². The van der Waals surface area contributed by atoms with Gasteiger partial charge in [-0.15, -0.1) is 0 Å². The van der Waals surface area contributed by atoms with E-state index in [9.17, 15) is 9.59 Å². The molecule has 6 nitrogen and oxygen atoms in total. The lowest BCUT2D eigenvalue weighted by Gasteiger charge is -2.28. The van der Waals surface area contributed by atoms with E-state index in [0.29, 0.717) is 35.9 Å². The molecule has 0 aliphatic carbocycles. The van der Waals surface area contributed by atoms with Crippen LogP contribution in [0.25, 0.3) is 0 Å². The normalized spacial score (nSPS) is 13.0. The summed E-state index contributed by atoms with van der Waals surface area (Å²) in [7, 11) is 1.54. The van der Waals surface area contributed by atoms with Crippen LogP contribution in [-0.2, 0) is 13.0 Å². The second-order valence-electron chi connectivity index (χ2n) is 6.59. The van der Waals surface area contributed by atoms with Crippen molar-refractivity contribution in [2.75, 3.05) is 19.0 Å². The van der Waals surface area contributed by atoms with Crippen LogP contribution < -0.4 is 10.1 Å². The molecule has 3 aromatic rings. The van der Waals surface area contributed by atoms with Crippen LogP contribution in [0.3, 0.4) is 0 Å². The third-order valence-electron chi connectivity index (χ3n) is 4.85. The summed E-state index contributed by atoms with van der Waals surface area (Å²) in [6, 6.07) is 16.3. The summed E-state index contributed by atoms with van der Waals surface area (Å²) in [6.45, 7) is 1.12. The van der Waals surface area contributed by atoms with Crippen molar-refractivity contribution in [1.82, 2.24) is 4.90 Å². The number of fused-ring (bicyclic) bond motifs is 1. The molecule has 0 saturated heterocycles. The molecular weight excluding hydrogens is 356 g/mol. The average Bonchev–Trinajstić information content (AvgIpc) is 3.27. The van der Waals surface area contributed by atoms with Gasteiger partial charge in [-0.3, -0.25) is 9.59 Å². The number of methoxy groups -OCH3 is 1. The molecule has 1 aliphatic rings. The van der Waals surface area contributed by atoms with Crippen molar-refractivity contribution in [3.63, 3.8) is 0 Å². The number of hydrogen-bond acceptors (Lipinski definition) is 4. The first kappa shape index (κ1) is 17.9. The lowest BCUT2D eigenvalue weighted by atomic mass is 9.98. The Morgan fingerprint density at radius 1 is 1.07 bits per heavy atom. The van der Waals surface area contributed by atoms with Gasteiger partial charge >= 0.3 is 0 Å². The first-order valence-electron chi connectivity index (χ1n) is 9.04. The first-order chi connectivity index (χ1) is 13.7. The summed E-state index contributed by atoms with van der Waals surface area (Å²) in [4.78, 5) is 26.9. The molecule has 28 heavy (non-hydrogen) atoms. The van der Waals surface area contributed by atoms with E-state index >= 15 is 0 Å². The molecule has 0 atom stereocenters. The van der Waals surface area contributed by atoms with E-state index in [-0.39, 0.29) is 11.8 Å². The Balaban J connectivity index is 1.52. The summed E-state index contributed by atoms with van der Waals surface area (Å²) >= 11 is 0. The smallest absolute Gasteiger partial charge is 0.289 e. The summed E-state index contributed by atoms with van der Waals surface area (Å²) in [5.41, 5.74) is 3.35. The maximum absolute atomic E-state index is 12.6. The fourth-order valence-electron chi connectivity index (χ4n) is 3.39. The zero-order valence-electron chi connectivity index (χ0n) is 15.5. The minimum absolute atomic E-state index is 0.126. The number of anilines is 1. The zero-order chi connectivity index (χ0) is 19.5. The molecule has 0 saturated carbocycles. The first-order valence-corrected chi connectivity index (χ1v) is 9.04. The molecule has 0 fully saturated rings. The Morgan fingerprint density at radius 2 is 1.93 bits per heavy atom. The Labute approximate surface area is 162 Å². The Hall–Kier alpha value is -3.54. The number of furan rings is 1. The van der Waals surface area contributed by atoms with Crippen LogP contribution in [0, 0.1) is 0 Å². The molecule has 4 rings (SSSR count). The van der Waals surface area contributed by atoms with Crippen molar-refractivity contribution in [3.8, 4) is 5.75 Å². The van der Waals surface area contributed by atoms with Gasteiger partial charge in [-0.25, -0.2) is 0 Å². The molecule has 1 aromatic heterocycles. The Bertz CT molecular complexity index is 1010. The number of nitrogens with one attached hydrogen (secondary N) is 1. The molecule has 1 aliphatic heterocycles. The predicted molar refractivity (Wildman–Crippen MR) is 105 cm³/mol. The highest BCUT2D eigenvalue weighted by atomic mass is 16.5. The van der Waals surface area contributed by atoms with Gasteiger partial charge in [-0.1, -0.05) is 18.2 Å². The number of carbonyl (C=O) groups excluding carboxylic acids is 2. The molecule has 1 N–H and O–H groups in total. The third-order valence-corrected chi connectivity index (χ3v) is 4.85. The van der Waals surface area contributed by atoms with Crippen molar-refractivity contribution in [3.05, 3.63) is 83.3 Å². The zero-order valence-corrected chi connectivity index (χ0v) is 15.5. The number of rotatable bonds is 4. The minimum Gasteiger partial charge on any atom is -0.496 e. The number of amides is 2. The summed E-state index contributed by atoms with van der Waals surface area (Å²) in [5.74, 6) is 0.494. The van der Waals surface area contributed by atoms with Gasteiger partial charge in [-0.2, -0.15) is 0 Å². The van der Waals surface area contributed by atoms with Gasteiger partial charge in [-0.05, 0) is 53.9 Å². The average molecular weight is 376 g/mol. The quantitative estimate of drug-likeness (QED) is 0.753. The van der Waals surface area contributed by atoms with E-state index in [0.717, 1.165) is 12.0 Å². The molecule has 0 bridgehead atoms. The number of carbonyl (C=O) groups is 2. The van der Waals surface area contributed by atoms with Gasteiger partial charge in [0.15, 0.2) is 5.76 Å². The van der Waals surface area contributed by atoms with Crippen LogP contribution in [0.5, 0.6) is 5.75 Å². The highest BCUT2D eigenvalue weighted by Gasteiger charge is 2.24. The largest absolute Gasteiger partial charge is 0.496 e. The van der Waals surface area contributed by atoms with Crippen molar-refractivity contribution in [2.45, 2.75) is 13.0 Å². The summed E-state index contributed by atoms with van der Waals surface area (Å²) in [5, 5.41) is 2.91. The maximum atomic E-state index is 12.6. The van der Waals surface area contributed by atoms with Crippen LogP contribution in [0.2, 0.25) is 0 Å². The standard InChI is InChI=1S/C22H20N2O4/c1-27-19-6-3-2-5-18(19)21(25)23-17-9-8-15-10-11-24(14-16(15)13-17)22(26)20-7-4-12-28-20/h2-9,12-13H,10-11,14H2,1H3,(H,23,25). The van der Waals surface area contributed by atoms with E-state index in [1.807, 2.05) is 24.3 Å². The van der Waals surface area contributed by atoms with E-state index in [1.165, 1.54) is 18.9 Å². The highest BCUT2D eigenvalue weighted by molar-refractivity contribution is 6.06. The van der Waals surface area contributed by atoms with Crippen molar-refractivity contribution >= 4 is 17.5 Å². The monoisotopic (exact) mass is 376 g/mol. The molecule has 0 unspecified atom stereocenters. The van der Waals surface area contributed by atoms with Gasteiger partial charge in [0, 0.05) is 18.8 Å². The number of nitrogens with zero attached hydrogens (tertiary/aromatic N) is 1. The van der Waals surface area contributed by atoms with Crippen molar-refractivity contribution in [2.24, 2.45) is 0 Å². The van der Waals surface area contributed by atoms with Crippen LogP contribution in [0.1, 0.15) is 32.0 Å². The van der Waals surface area contributed by atoms with Crippen LogP contribution in [-0.4, -0.2) is 30.4 Å². The van der Waals surface area contributed by atoms with Gasteiger partial charge in [0.2, 0.25) is 0 Å². The van der Waals surface area contributed by atoms with E-state index in [2.05, 4.69) is 5.32 Å². The summed E-state index contributed by atoms with van der Waals surface area (Å²) < 4.78 is 10.5. The lowest BCUT2D eigenvalue weighted by Crippen LogP contribution is -2.35. The topological polar surface area (TPSA) is 71.8 Å². The SMILES string of the molecule is COc1ccccc1C(=O)Nc1ccc2c(c1)CN(C(=O)c1ccco1)CC2. The molecule has 6 heteroatoms. The molecule has 2 aromatic carbocycles. The third kappa shape index (κ3) is 3.49. The Kier molecular flexibility index (Phi) is 4.85. The van der Waals surface area contributed by atoms with Gasteiger partial charge in [0.1, 0.15) is 5.75 Å². The van der Waals surface area contributed by atoms with Crippen LogP contribution in [0.15, 0.2) is 65.3 Å². The second-order valence-corrected chi connectivity index (χ2v) is 6.59. The number of hydrogen-bond donors (Lipinski definition) is 1. The predicted octanol–water partition coefficient (Wildman–Crippen LogP) is 3.74. The van der Waals surface area contributed by atoms with Gasteiger partial charge in [0.05, 0.1) is 18.9 Å². The Morgan fingerprint density at radius 3 is 2.71 bits per heavy atom. The number of ether oxygens (including phenoxy) is 1. The molecule has 2 amide bonds. The highest BCUT2D eigenvalue weighted by Crippen LogP contribution is 2.25. The molecule has 142 valence electrons. The molecule has 0 spiro atoms. The van der Waals surface area contributed by atoms with Crippen molar-refractivity contribution < 1.29 is 18.7 Å². The van der Waals surface area contributed by atoms with E-state index in [4.69, 9.17) is 9.15 Å². The maximum Gasteiger partial charge on any atom is 0.289 e. The van der Waals surface area contributed by atoms with Gasteiger partial charge in [0.25, 0.3) is 11.8 Å². The minimum atomic E-state index is -0.239. The van der Waals surface area contributed by atoms with E-state index < -0.39 is 0 Å². The van der Waals surface area contributed by atoms with Crippen molar-refractivity contribution in [1.29, 1.82) is 0 Å². The van der Waals surface area contributed by atoms with Crippen LogP contribution in [0.4, 0.5) is 5.69 Å². The van der Waals surface area contributed by atoms with Gasteiger partial charge < -0.3 is 19.4 Å². The molecular formula is C22H20N2O4. The molecule has 2 heterocycles. The fourth-order valence-corrected chi connectivity index (χ4v) is 3.39. The van der Waals surface area contributed by atoms with E-state index in [1.54, 1.807) is 35.2 Å². The number of benzene rings is 2. The lowest BCUT2D eigenvalue weighted by molar-refractivity contribution is 0.0702. The number of para-hydroxylation sites is 1. The second kappa shape index (κ2) is 7.60. The fraction of sp³-hybridized carbons (Fsp3) is 0.182.